The Labute approximate surface area is 129 Å². The molecule has 1 aromatic rings. The molecule has 0 aliphatic carbocycles. The second-order valence-electron chi connectivity index (χ2n) is 5.77. The van der Waals surface area contributed by atoms with Crippen molar-refractivity contribution in [1.82, 2.24) is 9.80 Å². The SMILES string of the molecule is CN(C)CCN(C(=O)c1ccc(F)c(F)c1)C1CCOCC1. The van der Waals surface area contributed by atoms with Crippen LogP contribution in [0.3, 0.4) is 0 Å². The van der Waals surface area contributed by atoms with Gasteiger partial charge in [0.1, 0.15) is 0 Å². The Morgan fingerprint density at radius 1 is 1.18 bits per heavy atom. The molecule has 6 heteroatoms. The first-order chi connectivity index (χ1) is 10.5. The lowest BCUT2D eigenvalue weighted by Crippen LogP contribution is -2.46. The smallest absolute Gasteiger partial charge is 0.254 e. The maximum absolute atomic E-state index is 13.4. The van der Waals surface area contributed by atoms with E-state index in [1.54, 1.807) is 4.90 Å². The van der Waals surface area contributed by atoms with Crippen LogP contribution in [0.4, 0.5) is 8.78 Å². The molecular weight excluding hydrogens is 290 g/mol. The standard InChI is InChI=1S/C16H22F2N2O2/c1-19(2)7-8-20(13-5-9-22-10-6-13)16(21)12-3-4-14(17)15(18)11-12/h3-4,11,13H,5-10H2,1-2H3. The van der Waals surface area contributed by atoms with Crippen molar-refractivity contribution in [2.75, 3.05) is 40.4 Å². The fourth-order valence-corrected chi connectivity index (χ4v) is 2.55. The minimum Gasteiger partial charge on any atom is -0.381 e. The molecule has 0 aromatic heterocycles. The third-order valence-electron chi connectivity index (χ3n) is 3.85. The second-order valence-corrected chi connectivity index (χ2v) is 5.77. The monoisotopic (exact) mass is 312 g/mol. The molecule has 1 saturated heterocycles. The lowest BCUT2D eigenvalue weighted by atomic mass is 10.0. The molecule has 0 radical (unpaired) electrons. The summed E-state index contributed by atoms with van der Waals surface area (Å²) in [4.78, 5) is 16.4. The summed E-state index contributed by atoms with van der Waals surface area (Å²) in [5.74, 6) is -2.19. The number of carbonyl (C=O) groups is 1. The summed E-state index contributed by atoms with van der Waals surface area (Å²) in [5.41, 5.74) is 0.184. The number of hydrogen-bond donors (Lipinski definition) is 0. The number of amides is 1. The number of nitrogens with zero attached hydrogens (tertiary/aromatic N) is 2. The molecule has 2 rings (SSSR count). The molecule has 22 heavy (non-hydrogen) atoms. The highest BCUT2D eigenvalue weighted by Gasteiger charge is 2.27. The number of benzene rings is 1. The van der Waals surface area contributed by atoms with Crippen LogP contribution in [-0.4, -0.2) is 62.1 Å². The van der Waals surface area contributed by atoms with Crippen LogP contribution in [0.5, 0.6) is 0 Å². The summed E-state index contributed by atoms with van der Waals surface area (Å²) >= 11 is 0. The predicted octanol–water partition coefficient (Wildman–Crippen LogP) is 2.15. The van der Waals surface area contributed by atoms with Crippen LogP contribution < -0.4 is 0 Å². The van der Waals surface area contributed by atoms with E-state index in [1.165, 1.54) is 6.07 Å². The van der Waals surface area contributed by atoms with Crippen LogP contribution in [0.1, 0.15) is 23.2 Å². The molecule has 1 aliphatic rings. The van der Waals surface area contributed by atoms with Crippen LogP contribution in [0.15, 0.2) is 18.2 Å². The minimum atomic E-state index is -0.995. The van der Waals surface area contributed by atoms with Crippen molar-refractivity contribution in [3.63, 3.8) is 0 Å². The zero-order chi connectivity index (χ0) is 16.1. The van der Waals surface area contributed by atoms with Gasteiger partial charge in [-0.05, 0) is 45.1 Å². The lowest BCUT2D eigenvalue weighted by molar-refractivity contribution is 0.0275. The number of hydrogen-bond acceptors (Lipinski definition) is 3. The van der Waals surface area contributed by atoms with Crippen LogP contribution in [-0.2, 0) is 4.74 Å². The van der Waals surface area contributed by atoms with E-state index in [2.05, 4.69) is 0 Å². The normalized spacial score (nSPS) is 16.0. The highest BCUT2D eigenvalue weighted by Crippen LogP contribution is 2.18. The summed E-state index contributed by atoms with van der Waals surface area (Å²) in [7, 11) is 3.87. The van der Waals surface area contributed by atoms with Gasteiger partial charge in [-0.25, -0.2) is 8.78 Å². The molecule has 0 N–H and O–H groups in total. The largest absolute Gasteiger partial charge is 0.381 e. The van der Waals surface area contributed by atoms with Gasteiger partial charge in [-0.2, -0.15) is 0 Å². The van der Waals surface area contributed by atoms with E-state index in [9.17, 15) is 13.6 Å². The number of carbonyl (C=O) groups excluding carboxylic acids is 1. The first kappa shape index (κ1) is 16.8. The molecule has 1 heterocycles. The highest BCUT2D eigenvalue weighted by molar-refractivity contribution is 5.94. The number of rotatable bonds is 5. The third-order valence-corrected chi connectivity index (χ3v) is 3.85. The first-order valence-corrected chi connectivity index (χ1v) is 7.47. The van der Waals surface area contributed by atoms with Crippen LogP contribution in [0.2, 0.25) is 0 Å². The minimum absolute atomic E-state index is 0.0781. The third kappa shape index (κ3) is 4.24. The van der Waals surface area contributed by atoms with Gasteiger partial charge in [0.15, 0.2) is 11.6 Å². The molecule has 1 aromatic carbocycles. The molecule has 1 aliphatic heterocycles. The van der Waals surface area contributed by atoms with Gasteiger partial charge < -0.3 is 14.5 Å². The fourth-order valence-electron chi connectivity index (χ4n) is 2.55. The number of ether oxygens (including phenoxy) is 1. The van der Waals surface area contributed by atoms with Crippen molar-refractivity contribution in [1.29, 1.82) is 0 Å². The van der Waals surface area contributed by atoms with E-state index in [-0.39, 0.29) is 17.5 Å². The second kappa shape index (κ2) is 7.65. The predicted molar refractivity (Wildman–Crippen MR) is 79.8 cm³/mol. The summed E-state index contributed by atoms with van der Waals surface area (Å²) in [6.07, 6.45) is 1.53. The summed E-state index contributed by atoms with van der Waals surface area (Å²) in [5, 5.41) is 0. The van der Waals surface area contributed by atoms with Gasteiger partial charge >= 0.3 is 0 Å². The van der Waals surface area contributed by atoms with E-state index in [4.69, 9.17) is 4.74 Å². The Hall–Kier alpha value is -1.53. The Morgan fingerprint density at radius 2 is 1.86 bits per heavy atom. The maximum Gasteiger partial charge on any atom is 0.254 e. The van der Waals surface area contributed by atoms with Gasteiger partial charge in [-0.15, -0.1) is 0 Å². The van der Waals surface area contributed by atoms with Crippen molar-refractivity contribution in [3.05, 3.63) is 35.4 Å². The summed E-state index contributed by atoms with van der Waals surface area (Å²) in [6, 6.07) is 3.38. The average Bonchev–Trinajstić information content (AvgIpc) is 2.51. The van der Waals surface area contributed by atoms with Crippen molar-refractivity contribution >= 4 is 5.91 Å². The van der Waals surface area contributed by atoms with Gasteiger partial charge in [-0.3, -0.25) is 4.79 Å². The Morgan fingerprint density at radius 3 is 2.45 bits per heavy atom. The quantitative estimate of drug-likeness (QED) is 0.835. The lowest BCUT2D eigenvalue weighted by Gasteiger charge is -2.35. The highest BCUT2D eigenvalue weighted by atomic mass is 19.2. The number of likely N-dealkylation sites (N-methyl/N-ethyl adjacent to an activating group) is 1. The van der Waals surface area contributed by atoms with E-state index < -0.39 is 11.6 Å². The zero-order valence-corrected chi connectivity index (χ0v) is 13.0. The van der Waals surface area contributed by atoms with Crippen molar-refractivity contribution in [2.24, 2.45) is 0 Å². The first-order valence-electron chi connectivity index (χ1n) is 7.47. The van der Waals surface area contributed by atoms with Crippen molar-refractivity contribution in [3.8, 4) is 0 Å². The van der Waals surface area contributed by atoms with E-state index >= 15 is 0 Å². The average molecular weight is 312 g/mol. The molecule has 0 unspecified atom stereocenters. The molecule has 1 fully saturated rings. The zero-order valence-electron chi connectivity index (χ0n) is 13.0. The Balaban J connectivity index is 2.18. The van der Waals surface area contributed by atoms with Gasteiger partial charge in [-0.1, -0.05) is 0 Å². The Kier molecular flexibility index (Phi) is 5.85. The van der Waals surface area contributed by atoms with E-state index in [1.807, 2.05) is 19.0 Å². The van der Waals surface area contributed by atoms with Crippen LogP contribution >= 0.6 is 0 Å². The molecule has 0 saturated carbocycles. The summed E-state index contributed by atoms with van der Waals surface area (Å²) in [6.45, 7) is 2.50. The Bertz CT molecular complexity index is 517. The topological polar surface area (TPSA) is 32.8 Å². The summed E-state index contributed by atoms with van der Waals surface area (Å²) < 4.78 is 31.8. The number of halogens is 2. The molecule has 4 nitrogen and oxygen atoms in total. The molecule has 1 amide bonds. The van der Waals surface area contributed by atoms with Crippen LogP contribution in [0, 0.1) is 11.6 Å². The van der Waals surface area contributed by atoms with E-state index in [0.29, 0.717) is 26.3 Å². The van der Waals surface area contributed by atoms with Crippen molar-refractivity contribution in [2.45, 2.75) is 18.9 Å². The molecule has 122 valence electrons. The van der Waals surface area contributed by atoms with Crippen LogP contribution in [0.25, 0.3) is 0 Å². The van der Waals surface area contributed by atoms with Gasteiger partial charge in [0.25, 0.3) is 5.91 Å². The van der Waals surface area contributed by atoms with Crippen molar-refractivity contribution < 1.29 is 18.3 Å². The van der Waals surface area contributed by atoms with Gasteiger partial charge in [0.05, 0.1) is 0 Å². The molecular formula is C16H22F2N2O2. The van der Waals surface area contributed by atoms with E-state index in [0.717, 1.165) is 25.0 Å². The maximum atomic E-state index is 13.4. The molecule has 0 bridgehead atoms. The van der Waals surface area contributed by atoms with Gasteiger partial charge in [0, 0.05) is 37.9 Å². The molecule has 0 spiro atoms. The van der Waals surface area contributed by atoms with Gasteiger partial charge in [0.2, 0.25) is 0 Å². The fraction of sp³-hybridized carbons (Fsp3) is 0.562. The molecule has 0 atom stereocenters.